The Morgan fingerprint density at radius 2 is 1.93 bits per heavy atom. The molecular weight excluding hydrogens is 174 g/mol. The van der Waals surface area contributed by atoms with Gasteiger partial charge in [-0.1, -0.05) is 32.6 Å². The van der Waals surface area contributed by atoms with Crippen molar-refractivity contribution in [3.05, 3.63) is 42.0 Å². The minimum atomic E-state index is -0.0573. The first-order valence-corrected chi connectivity index (χ1v) is 4.62. The van der Waals surface area contributed by atoms with E-state index in [1.165, 1.54) is 0 Å². The second-order valence-electron chi connectivity index (χ2n) is 3.60. The van der Waals surface area contributed by atoms with Crippen molar-refractivity contribution in [2.45, 2.75) is 13.8 Å². The van der Waals surface area contributed by atoms with Gasteiger partial charge in [0, 0.05) is 11.3 Å². The van der Waals surface area contributed by atoms with Crippen LogP contribution in [0.3, 0.4) is 0 Å². The summed E-state index contributed by atoms with van der Waals surface area (Å²) in [4.78, 5) is 11.8. The monoisotopic (exact) mass is 189 g/mol. The van der Waals surface area contributed by atoms with Gasteiger partial charge in [0.15, 0.2) is 5.78 Å². The summed E-state index contributed by atoms with van der Waals surface area (Å²) in [6, 6.07) is 7.06. The Kier molecular flexibility index (Phi) is 3.07. The number of carbonyl (C=O) groups is 1. The third-order valence-corrected chi connectivity index (χ3v) is 2.19. The molecule has 0 spiro atoms. The van der Waals surface area contributed by atoms with Crippen LogP contribution in [0.25, 0.3) is 0 Å². The fraction of sp³-hybridized carbons (Fsp3) is 0.250. The first kappa shape index (κ1) is 10.5. The van der Waals surface area contributed by atoms with E-state index in [4.69, 9.17) is 5.73 Å². The molecule has 1 rings (SSSR count). The summed E-state index contributed by atoms with van der Waals surface area (Å²) in [5, 5.41) is 0. The maximum absolute atomic E-state index is 11.8. The molecule has 0 heterocycles. The smallest absolute Gasteiger partial charge is 0.190 e. The van der Waals surface area contributed by atoms with Crippen LogP contribution in [0.5, 0.6) is 0 Å². The van der Waals surface area contributed by atoms with Crippen LogP contribution in [0.4, 0.5) is 5.69 Å². The van der Waals surface area contributed by atoms with Crippen molar-refractivity contribution in [2.24, 2.45) is 5.92 Å². The summed E-state index contributed by atoms with van der Waals surface area (Å²) < 4.78 is 0. The highest BCUT2D eigenvalue weighted by atomic mass is 16.1. The minimum Gasteiger partial charge on any atom is -0.398 e. The van der Waals surface area contributed by atoms with E-state index < -0.39 is 0 Å². The van der Waals surface area contributed by atoms with Crippen LogP contribution < -0.4 is 5.73 Å². The Bertz CT molecular complexity index is 366. The molecule has 0 saturated heterocycles. The lowest BCUT2D eigenvalue weighted by molar-refractivity contribution is 0.102. The van der Waals surface area contributed by atoms with Gasteiger partial charge in [0.25, 0.3) is 0 Å². The number of para-hydroxylation sites is 1. The predicted octanol–water partition coefficient (Wildman–Crippen LogP) is 2.66. The van der Waals surface area contributed by atoms with Gasteiger partial charge in [-0.05, 0) is 23.6 Å². The standard InChI is InChI=1S/C12H15NO/c1-8(2)9(3)12(14)10-6-4-5-7-11(10)13/h4-8H,3,13H2,1-2H3. The third-order valence-electron chi connectivity index (χ3n) is 2.19. The second-order valence-corrected chi connectivity index (χ2v) is 3.60. The molecule has 1 aromatic rings. The van der Waals surface area contributed by atoms with Gasteiger partial charge in [0.1, 0.15) is 0 Å². The Morgan fingerprint density at radius 3 is 2.43 bits per heavy atom. The average Bonchev–Trinajstić information content (AvgIpc) is 2.16. The van der Waals surface area contributed by atoms with E-state index >= 15 is 0 Å². The largest absolute Gasteiger partial charge is 0.398 e. The molecule has 74 valence electrons. The number of carbonyl (C=O) groups excluding carboxylic acids is 1. The number of ketones is 1. The zero-order valence-corrected chi connectivity index (χ0v) is 8.58. The van der Waals surface area contributed by atoms with Crippen LogP contribution >= 0.6 is 0 Å². The summed E-state index contributed by atoms with van der Waals surface area (Å²) in [6.07, 6.45) is 0. The molecule has 2 heteroatoms. The molecule has 0 aromatic heterocycles. The molecule has 0 amide bonds. The first-order chi connectivity index (χ1) is 6.54. The number of nitrogens with two attached hydrogens (primary N) is 1. The summed E-state index contributed by atoms with van der Waals surface area (Å²) >= 11 is 0. The number of Topliss-reactive ketones (excluding diaryl/α,β-unsaturated/α-hetero) is 1. The van der Waals surface area contributed by atoms with Crippen molar-refractivity contribution in [2.75, 3.05) is 5.73 Å². The Balaban J connectivity index is 3.02. The summed E-state index contributed by atoms with van der Waals surface area (Å²) in [5.74, 6) is 0.0974. The Morgan fingerprint density at radius 1 is 1.36 bits per heavy atom. The lowest BCUT2D eigenvalue weighted by atomic mass is 9.95. The van der Waals surface area contributed by atoms with Crippen LogP contribution in [0, 0.1) is 5.92 Å². The van der Waals surface area contributed by atoms with E-state index in [1.807, 2.05) is 19.9 Å². The van der Waals surface area contributed by atoms with Crippen molar-refractivity contribution in [1.82, 2.24) is 0 Å². The van der Waals surface area contributed by atoms with Gasteiger partial charge in [-0.3, -0.25) is 4.79 Å². The molecule has 0 aliphatic rings. The normalized spacial score (nSPS) is 10.2. The summed E-state index contributed by atoms with van der Waals surface area (Å²) in [7, 11) is 0. The molecule has 2 nitrogen and oxygen atoms in total. The maximum atomic E-state index is 11.8. The van der Waals surface area contributed by atoms with Crippen molar-refractivity contribution in [3.8, 4) is 0 Å². The fourth-order valence-electron chi connectivity index (χ4n) is 1.14. The molecule has 0 bridgehead atoms. The van der Waals surface area contributed by atoms with Gasteiger partial charge in [0.05, 0.1) is 0 Å². The van der Waals surface area contributed by atoms with E-state index in [-0.39, 0.29) is 11.7 Å². The molecule has 0 atom stereocenters. The number of anilines is 1. The molecule has 0 aliphatic heterocycles. The minimum absolute atomic E-state index is 0.0573. The molecule has 0 saturated carbocycles. The van der Waals surface area contributed by atoms with Gasteiger partial charge in [-0.25, -0.2) is 0 Å². The van der Waals surface area contributed by atoms with Crippen molar-refractivity contribution < 1.29 is 4.79 Å². The summed E-state index contributed by atoms with van der Waals surface area (Å²) in [5.41, 5.74) is 7.36. The highest BCUT2D eigenvalue weighted by Crippen LogP contribution is 2.18. The van der Waals surface area contributed by atoms with Crippen LogP contribution in [0.2, 0.25) is 0 Å². The topological polar surface area (TPSA) is 43.1 Å². The average molecular weight is 189 g/mol. The van der Waals surface area contributed by atoms with Crippen LogP contribution in [0.15, 0.2) is 36.4 Å². The van der Waals surface area contributed by atoms with Gasteiger partial charge in [0.2, 0.25) is 0 Å². The van der Waals surface area contributed by atoms with Crippen LogP contribution in [-0.2, 0) is 0 Å². The maximum Gasteiger partial charge on any atom is 0.190 e. The highest BCUT2D eigenvalue weighted by molar-refractivity contribution is 6.11. The molecular formula is C12H15NO. The third kappa shape index (κ3) is 2.02. The molecule has 14 heavy (non-hydrogen) atoms. The van der Waals surface area contributed by atoms with Gasteiger partial charge >= 0.3 is 0 Å². The van der Waals surface area contributed by atoms with E-state index in [0.29, 0.717) is 16.8 Å². The zero-order chi connectivity index (χ0) is 10.7. The van der Waals surface area contributed by atoms with Crippen molar-refractivity contribution in [1.29, 1.82) is 0 Å². The quantitative estimate of drug-likeness (QED) is 0.451. The zero-order valence-electron chi connectivity index (χ0n) is 8.58. The van der Waals surface area contributed by atoms with Crippen LogP contribution in [0.1, 0.15) is 24.2 Å². The van der Waals surface area contributed by atoms with Crippen molar-refractivity contribution >= 4 is 11.5 Å². The number of allylic oxidation sites excluding steroid dienone is 1. The molecule has 0 aliphatic carbocycles. The number of rotatable bonds is 3. The number of hydrogen-bond donors (Lipinski definition) is 1. The predicted molar refractivity (Wildman–Crippen MR) is 59.2 cm³/mol. The van der Waals surface area contributed by atoms with Crippen LogP contribution in [-0.4, -0.2) is 5.78 Å². The Labute approximate surface area is 84.4 Å². The molecule has 2 N–H and O–H groups in total. The SMILES string of the molecule is C=C(C(=O)c1ccccc1N)C(C)C. The van der Waals surface area contributed by atoms with E-state index in [1.54, 1.807) is 18.2 Å². The molecule has 1 aromatic carbocycles. The summed E-state index contributed by atoms with van der Waals surface area (Å²) in [6.45, 7) is 7.65. The van der Waals surface area contributed by atoms with Gasteiger partial charge < -0.3 is 5.73 Å². The molecule has 0 fully saturated rings. The van der Waals surface area contributed by atoms with E-state index in [2.05, 4.69) is 6.58 Å². The van der Waals surface area contributed by atoms with E-state index in [0.717, 1.165) is 0 Å². The first-order valence-electron chi connectivity index (χ1n) is 4.62. The number of hydrogen-bond acceptors (Lipinski definition) is 2. The van der Waals surface area contributed by atoms with Gasteiger partial charge in [-0.15, -0.1) is 0 Å². The fourth-order valence-corrected chi connectivity index (χ4v) is 1.14. The van der Waals surface area contributed by atoms with Crippen molar-refractivity contribution in [3.63, 3.8) is 0 Å². The lowest BCUT2D eigenvalue weighted by Crippen LogP contribution is -2.09. The molecule has 0 radical (unpaired) electrons. The number of nitrogen functional groups attached to an aromatic ring is 1. The number of benzene rings is 1. The Hall–Kier alpha value is -1.57. The second kappa shape index (κ2) is 4.09. The van der Waals surface area contributed by atoms with E-state index in [9.17, 15) is 4.79 Å². The lowest BCUT2D eigenvalue weighted by Gasteiger charge is -2.09. The molecule has 0 unspecified atom stereocenters. The van der Waals surface area contributed by atoms with Gasteiger partial charge in [-0.2, -0.15) is 0 Å². The highest BCUT2D eigenvalue weighted by Gasteiger charge is 2.14.